The van der Waals surface area contributed by atoms with Crippen molar-refractivity contribution < 1.29 is 0 Å². The Morgan fingerprint density at radius 1 is 1.47 bits per heavy atom. The van der Waals surface area contributed by atoms with Crippen molar-refractivity contribution in [1.29, 1.82) is 0 Å². The highest BCUT2D eigenvalue weighted by atomic mass is 79.9. The van der Waals surface area contributed by atoms with Crippen LogP contribution in [0.2, 0.25) is 0 Å². The summed E-state index contributed by atoms with van der Waals surface area (Å²) in [6.07, 6.45) is 5.26. The van der Waals surface area contributed by atoms with Gasteiger partial charge in [-0.25, -0.2) is 9.97 Å². The van der Waals surface area contributed by atoms with Crippen LogP contribution in [-0.2, 0) is 6.54 Å². The van der Waals surface area contributed by atoms with Gasteiger partial charge in [0, 0.05) is 18.9 Å². The maximum Gasteiger partial charge on any atom is 0.164 e. The number of nitrogen functional groups attached to an aromatic ring is 1. The molecule has 0 saturated carbocycles. The van der Waals surface area contributed by atoms with Crippen LogP contribution in [0.5, 0.6) is 0 Å². The molecule has 78 valence electrons. The highest BCUT2D eigenvalue weighted by Crippen LogP contribution is 2.20. The van der Waals surface area contributed by atoms with E-state index in [-0.39, 0.29) is 0 Å². The van der Waals surface area contributed by atoms with Gasteiger partial charge in [0.25, 0.3) is 0 Å². The molecule has 0 atom stereocenters. The number of aryl methyl sites for hydroxylation is 1. The Morgan fingerprint density at radius 3 is 2.87 bits per heavy atom. The van der Waals surface area contributed by atoms with Crippen LogP contribution < -0.4 is 5.73 Å². The normalized spacial score (nSPS) is 10.5. The molecule has 0 bridgehead atoms. The van der Waals surface area contributed by atoms with E-state index in [1.165, 1.54) is 0 Å². The van der Waals surface area contributed by atoms with Crippen LogP contribution in [0.3, 0.4) is 0 Å². The summed E-state index contributed by atoms with van der Waals surface area (Å²) in [4.78, 5) is 8.32. The van der Waals surface area contributed by atoms with Gasteiger partial charge in [-0.3, -0.25) is 4.68 Å². The Balaban J connectivity index is 2.40. The minimum absolute atomic E-state index is 0.434. The van der Waals surface area contributed by atoms with E-state index in [1.807, 2.05) is 17.8 Å². The van der Waals surface area contributed by atoms with E-state index in [0.717, 1.165) is 12.1 Å². The number of nitrogens with two attached hydrogens (primary N) is 1. The number of hydrogen-bond donors (Lipinski definition) is 1. The van der Waals surface area contributed by atoms with E-state index < -0.39 is 0 Å². The SMILES string of the molecule is CCn1cc(-c2ncc(Br)c(N)n2)cn1. The van der Waals surface area contributed by atoms with Crippen molar-refractivity contribution in [1.82, 2.24) is 19.7 Å². The number of halogens is 1. The minimum atomic E-state index is 0.434. The molecule has 2 N–H and O–H groups in total. The summed E-state index contributed by atoms with van der Waals surface area (Å²) in [5.74, 6) is 1.03. The summed E-state index contributed by atoms with van der Waals surface area (Å²) in [5.41, 5.74) is 6.54. The van der Waals surface area contributed by atoms with Crippen molar-refractivity contribution in [3.63, 3.8) is 0 Å². The number of rotatable bonds is 2. The highest BCUT2D eigenvalue weighted by Gasteiger charge is 2.06. The van der Waals surface area contributed by atoms with Gasteiger partial charge in [-0.2, -0.15) is 5.10 Å². The maximum atomic E-state index is 5.67. The Hall–Kier alpha value is -1.43. The second kappa shape index (κ2) is 3.98. The quantitative estimate of drug-likeness (QED) is 0.900. The molecule has 0 amide bonds. The van der Waals surface area contributed by atoms with Crippen molar-refractivity contribution in [2.75, 3.05) is 5.73 Å². The van der Waals surface area contributed by atoms with Crippen molar-refractivity contribution in [2.24, 2.45) is 0 Å². The van der Waals surface area contributed by atoms with Gasteiger partial charge in [-0.15, -0.1) is 0 Å². The molecular weight excluding hydrogens is 258 g/mol. The molecule has 2 rings (SSSR count). The summed E-state index contributed by atoms with van der Waals surface area (Å²) in [7, 11) is 0. The zero-order valence-electron chi connectivity index (χ0n) is 8.18. The first kappa shape index (κ1) is 10.1. The molecule has 0 unspecified atom stereocenters. The third-order valence-corrected chi connectivity index (χ3v) is 2.60. The van der Waals surface area contributed by atoms with Gasteiger partial charge in [0.1, 0.15) is 5.82 Å². The lowest BCUT2D eigenvalue weighted by Crippen LogP contribution is -1.96. The molecule has 0 saturated heterocycles. The first-order valence-corrected chi connectivity index (χ1v) is 5.31. The topological polar surface area (TPSA) is 69.6 Å². The van der Waals surface area contributed by atoms with Gasteiger partial charge in [0.2, 0.25) is 0 Å². The summed E-state index contributed by atoms with van der Waals surface area (Å²) in [6.45, 7) is 2.85. The minimum Gasteiger partial charge on any atom is -0.383 e. The molecule has 15 heavy (non-hydrogen) atoms. The van der Waals surface area contributed by atoms with E-state index in [1.54, 1.807) is 12.4 Å². The van der Waals surface area contributed by atoms with Gasteiger partial charge in [0.05, 0.1) is 16.2 Å². The largest absolute Gasteiger partial charge is 0.383 e. The predicted molar refractivity (Wildman–Crippen MR) is 61.0 cm³/mol. The fourth-order valence-electron chi connectivity index (χ4n) is 1.17. The fourth-order valence-corrected chi connectivity index (χ4v) is 1.36. The second-order valence-electron chi connectivity index (χ2n) is 3.01. The first-order valence-electron chi connectivity index (χ1n) is 4.51. The molecular formula is C9H10BrN5. The Bertz CT molecular complexity index is 479. The average Bonchev–Trinajstić information content (AvgIpc) is 2.70. The number of nitrogens with zero attached hydrogens (tertiary/aromatic N) is 4. The van der Waals surface area contributed by atoms with Crippen LogP contribution in [0.25, 0.3) is 11.4 Å². The second-order valence-corrected chi connectivity index (χ2v) is 3.87. The molecule has 0 aromatic carbocycles. The molecule has 0 fully saturated rings. The van der Waals surface area contributed by atoms with Crippen LogP contribution in [-0.4, -0.2) is 19.7 Å². The smallest absolute Gasteiger partial charge is 0.164 e. The monoisotopic (exact) mass is 267 g/mol. The van der Waals surface area contributed by atoms with Crippen molar-refractivity contribution in [3.8, 4) is 11.4 Å². The lowest BCUT2D eigenvalue weighted by Gasteiger charge is -1.99. The first-order chi connectivity index (χ1) is 7.20. The Labute approximate surface area is 95.5 Å². The van der Waals surface area contributed by atoms with Crippen molar-refractivity contribution in [2.45, 2.75) is 13.5 Å². The van der Waals surface area contributed by atoms with E-state index in [4.69, 9.17) is 5.73 Å². The van der Waals surface area contributed by atoms with E-state index >= 15 is 0 Å². The van der Waals surface area contributed by atoms with Crippen LogP contribution in [0.1, 0.15) is 6.92 Å². The van der Waals surface area contributed by atoms with E-state index in [2.05, 4.69) is 31.0 Å². The Kier molecular flexibility index (Phi) is 2.68. The highest BCUT2D eigenvalue weighted by molar-refractivity contribution is 9.10. The van der Waals surface area contributed by atoms with Crippen molar-refractivity contribution >= 4 is 21.7 Å². The van der Waals surface area contributed by atoms with Gasteiger partial charge in [-0.1, -0.05) is 0 Å². The summed E-state index contributed by atoms with van der Waals surface area (Å²) in [5, 5.41) is 4.15. The molecule has 0 radical (unpaired) electrons. The molecule has 0 aliphatic carbocycles. The lowest BCUT2D eigenvalue weighted by molar-refractivity contribution is 0.660. The summed E-state index contributed by atoms with van der Waals surface area (Å²) >= 11 is 3.25. The molecule has 0 aliphatic heterocycles. The third kappa shape index (κ3) is 1.99. The summed E-state index contributed by atoms with van der Waals surface area (Å²) < 4.78 is 2.52. The zero-order valence-corrected chi connectivity index (χ0v) is 9.77. The van der Waals surface area contributed by atoms with Gasteiger partial charge in [-0.05, 0) is 22.9 Å². The standard InChI is InChI=1S/C9H10BrN5/c1-2-15-5-6(3-13-15)9-12-4-7(10)8(11)14-9/h3-5H,2H2,1H3,(H2,11,12,14). The van der Waals surface area contributed by atoms with Crippen LogP contribution in [0.4, 0.5) is 5.82 Å². The lowest BCUT2D eigenvalue weighted by atomic mass is 10.3. The molecule has 2 heterocycles. The maximum absolute atomic E-state index is 5.67. The molecule has 5 nitrogen and oxygen atoms in total. The fraction of sp³-hybridized carbons (Fsp3) is 0.222. The predicted octanol–water partition coefficient (Wildman–Crippen LogP) is 1.70. The van der Waals surface area contributed by atoms with Crippen LogP contribution >= 0.6 is 15.9 Å². The molecule has 2 aromatic rings. The molecule has 6 heteroatoms. The number of hydrogen-bond acceptors (Lipinski definition) is 4. The van der Waals surface area contributed by atoms with E-state index in [0.29, 0.717) is 16.1 Å². The third-order valence-electron chi connectivity index (χ3n) is 1.99. The molecule has 0 spiro atoms. The van der Waals surface area contributed by atoms with Crippen molar-refractivity contribution in [3.05, 3.63) is 23.1 Å². The van der Waals surface area contributed by atoms with Gasteiger partial charge < -0.3 is 5.73 Å². The summed E-state index contributed by atoms with van der Waals surface area (Å²) in [6, 6.07) is 0. The van der Waals surface area contributed by atoms with Gasteiger partial charge in [0.15, 0.2) is 5.82 Å². The van der Waals surface area contributed by atoms with Crippen LogP contribution in [0.15, 0.2) is 23.1 Å². The van der Waals surface area contributed by atoms with Gasteiger partial charge >= 0.3 is 0 Å². The molecule has 2 aromatic heterocycles. The zero-order chi connectivity index (χ0) is 10.8. The average molecular weight is 268 g/mol. The molecule has 0 aliphatic rings. The van der Waals surface area contributed by atoms with Crippen LogP contribution in [0, 0.1) is 0 Å². The number of aromatic nitrogens is 4. The van der Waals surface area contributed by atoms with E-state index in [9.17, 15) is 0 Å². The Morgan fingerprint density at radius 2 is 2.27 bits per heavy atom. The number of anilines is 1.